The van der Waals surface area contributed by atoms with E-state index in [0.717, 1.165) is 16.7 Å². The molecule has 2 aromatic carbocycles. The summed E-state index contributed by atoms with van der Waals surface area (Å²) in [7, 11) is -3.46. The summed E-state index contributed by atoms with van der Waals surface area (Å²) in [6, 6.07) is 16.8. The molecule has 0 amide bonds. The number of hydrogen-bond acceptors (Lipinski definition) is 2. The predicted molar refractivity (Wildman–Crippen MR) is 89.0 cm³/mol. The minimum Gasteiger partial charge on any atom is -0.207 e. The van der Waals surface area contributed by atoms with Gasteiger partial charge in [0.25, 0.3) is 0 Å². The van der Waals surface area contributed by atoms with Crippen LogP contribution in [0.3, 0.4) is 0 Å². The van der Waals surface area contributed by atoms with Crippen molar-refractivity contribution in [2.45, 2.75) is 24.8 Å². The van der Waals surface area contributed by atoms with Crippen molar-refractivity contribution in [1.82, 2.24) is 4.31 Å². The van der Waals surface area contributed by atoms with Crippen molar-refractivity contribution in [2.24, 2.45) is 0 Å². The van der Waals surface area contributed by atoms with E-state index < -0.39 is 10.0 Å². The number of nitrogens with zero attached hydrogens (tertiary/aromatic N) is 1. The molecule has 0 N–H and O–H groups in total. The summed E-state index contributed by atoms with van der Waals surface area (Å²) < 4.78 is 27.2. The molecule has 1 unspecified atom stereocenters. The van der Waals surface area contributed by atoms with Crippen LogP contribution in [0, 0.1) is 6.92 Å². The first kappa shape index (κ1) is 15.0. The van der Waals surface area contributed by atoms with E-state index in [2.05, 4.69) is 0 Å². The van der Waals surface area contributed by atoms with Gasteiger partial charge in [0.15, 0.2) is 0 Å². The molecule has 0 aliphatic carbocycles. The fraction of sp³-hybridized carbons (Fsp3) is 0.222. The minimum absolute atomic E-state index is 0.159. The Morgan fingerprint density at radius 2 is 1.64 bits per heavy atom. The highest BCUT2D eigenvalue weighted by Gasteiger charge is 2.34. The molecule has 0 saturated heterocycles. The van der Waals surface area contributed by atoms with Crippen LogP contribution in [0.15, 0.2) is 65.6 Å². The highest BCUT2D eigenvalue weighted by Crippen LogP contribution is 2.31. The number of rotatable bonds is 3. The molecule has 0 saturated carbocycles. The van der Waals surface area contributed by atoms with Crippen LogP contribution in [0.1, 0.15) is 18.1 Å². The molecule has 3 nitrogen and oxygen atoms in total. The summed E-state index contributed by atoms with van der Waals surface area (Å²) in [5.74, 6) is 0. The Morgan fingerprint density at radius 1 is 1.00 bits per heavy atom. The Hall–Kier alpha value is -1.91. The number of sulfonamides is 1. The van der Waals surface area contributed by atoms with E-state index >= 15 is 0 Å². The summed E-state index contributed by atoms with van der Waals surface area (Å²) in [5.41, 5.74) is 3.20. The zero-order chi connectivity index (χ0) is 15.7. The van der Waals surface area contributed by atoms with Crippen molar-refractivity contribution in [1.29, 1.82) is 0 Å². The van der Waals surface area contributed by atoms with Gasteiger partial charge in [-0.05, 0) is 37.1 Å². The maximum Gasteiger partial charge on any atom is 0.243 e. The van der Waals surface area contributed by atoms with E-state index in [9.17, 15) is 8.42 Å². The van der Waals surface area contributed by atoms with Crippen LogP contribution in [0.2, 0.25) is 0 Å². The number of hydrogen-bond donors (Lipinski definition) is 0. The smallest absolute Gasteiger partial charge is 0.207 e. The lowest BCUT2D eigenvalue weighted by atomic mass is 10.0. The quantitative estimate of drug-likeness (QED) is 0.870. The van der Waals surface area contributed by atoms with Crippen LogP contribution in [0.5, 0.6) is 0 Å². The van der Waals surface area contributed by atoms with Gasteiger partial charge < -0.3 is 0 Å². The van der Waals surface area contributed by atoms with Gasteiger partial charge in [0.2, 0.25) is 10.0 Å². The van der Waals surface area contributed by atoms with Crippen LogP contribution in [-0.4, -0.2) is 25.3 Å². The normalized spacial score (nSPS) is 19.2. The van der Waals surface area contributed by atoms with Crippen LogP contribution >= 0.6 is 0 Å². The van der Waals surface area contributed by atoms with Crippen molar-refractivity contribution in [2.75, 3.05) is 6.54 Å². The van der Waals surface area contributed by atoms with Gasteiger partial charge in [-0.2, -0.15) is 4.31 Å². The second-order valence-electron chi connectivity index (χ2n) is 5.59. The Balaban J connectivity index is 1.90. The maximum absolute atomic E-state index is 12.8. The van der Waals surface area contributed by atoms with E-state index in [1.165, 1.54) is 0 Å². The van der Waals surface area contributed by atoms with Gasteiger partial charge in [-0.1, -0.05) is 54.1 Å². The zero-order valence-corrected chi connectivity index (χ0v) is 13.5. The van der Waals surface area contributed by atoms with Crippen LogP contribution in [0.4, 0.5) is 0 Å². The van der Waals surface area contributed by atoms with Gasteiger partial charge in [-0.3, -0.25) is 0 Å². The van der Waals surface area contributed by atoms with Crippen LogP contribution < -0.4 is 0 Å². The molecule has 2 aromatic rings. The molecule has 114 valence electrons. The molecule has 1 aliphatic heterocycles. The molecule has 1 heterocycles. The summed E-state index contributed by atoms with van der Waals surface area (Å²) in [5, 5.41) is 0. The molecule has 22 heavy (non-hydrogen) atoms. The minimum atomic E-state index is -3.46. The third-order valence-electron chi connectivity index (χ3n) is 4.11. The van der Waals surface area contributed by atoms with Gasteiger partial charge in [0.05, 0.1) is 4.90 Å². The van der Waals surface area contributed by atoms with Gasteiger partial charge in [0, 0.05) is 12.6 Å². The standard InChI is InChI=1S/C18H19NO2S/c1-14-8-10-17(11-9-14)22(20,21)19-13-12-18(15(19)2)16-6-4-3-5-7-16/h3-12,15H,13H2,1-2H3. The van der Waals surface area contributed by atoms with Crippen molar-refractivity contribution in [3.8, 4) is 0 Å². The van der Waals surface area contributed by atoms with Crippen LogP contribution in [0.25, 0.3) is 5.57 Å². The molecular formula is C18H19NO2S. The van der Waals surface area contributed by atoms with Crippen LogP contribution in [-0.2, 0) is 10.0 Å². The molecule has 0 bridgehead atoms. The highest BCUT2D eigenvalue weighted by molar-refractivity contribution is 7.89. The molecule has 0 aromatic heterocycles. The van der Waals surface area contributed by atoms with E-state index in [4.69, 9.17) is 0 Å². The lowest BCUT2D eigenvalue weighted by Gasteiger charge is -2.23. The van der Waals surface area contributed by atoms with Gasteiger partial charge in [0.1, 0.15) is 0 Å². The predicted octanol–water partition coefficient (Wildman–Crippen LogP) is 3.47. The lowest BCUT2D eigenvalue weighted by molar-refractivity contribution is 0.432. The third kappa shape index (κ3) is 2.60. The third-order valence-corrected chi connectivity index (χ3v) is 6.06. The van der Waals surface area contributed by atoms with Crippen molar-refractivity contribution < 1.29 is 8.42 Å². The molecule has 0 spiro atoms. The molecule has 0 radical (unpaired) electrons. The van der Waals surface area contributed by atoms with Crippen molar-refractivity contribution >= 4 is 15.6 Å². The Labute approximate surface area is 132 Å². The topological polar surface area (TPSA) is 37.4 Å². The van der Waals surface area contributed by atoms with Gasteiger partial charge in [-0.15, -0.1) is 0 Å². The number of aryl methyl sites for hydroxylation is 1. The SMILES string of the molecule is Cc1ccc(S(=O)(=O)N2CC=C(c3ccccc3)C2C)cc1. The first-order valence-electron chi connectivity index (χ1n) is 7.34. The largest absolute Gasteiger partial charge is 0.243 e. The van der Waals surface area contributed by atoms with E-state index in [-0.39, 0.29) is 6.04 Å². The second kappa shape index (κ2) is 5.71. The number of benzene rings is 2. The summed E-state index contributed by atoms with van der Waals surface area (Å²) in [4.78, 5) is 0.354. The lowest BCUT2D eigenvalue weighted by Crippen LogP contribution is -2.35. The van der Waals surface area contributed by atoms with E-state index in [0.29, 0.717) is 11.4 Å². The molecule has 4 heteroatoms. The second-order valence-corrected chi connectivity index (χ2v) is 7.48. The summed E-state index contributed by atoms with van der Waals surface area (Å²) in [6.07, 6.45) is 2.01. The zero-order valence-electron chi connectivity index (χ0n) is 12.7. The monoisotopic (exact) mass is 313 g/mol. The Kier molecular flexibility index (Phi) is 3.89. The molecular weight excluding hydrogens is 294 g/mol. The van der Waals surface area contributed by atoms with E-state index in [1.54, 1.807) is 16.4 Å². The van der Waals surface area contributed by atoms with Gasteiger partial charge in [-0.25, -0.2) is 8.42 Å². The summed E-state index contributed by atoms with van der Waals surface area (Å²) >= 11 is 0. The van der Waals surface area contributed by atoms with E-state index in [1.807, 2.05) is 62.4 Å². The average Bonchev–Trinajstić information content (AvgIpc) is 2.91. The highest BCUT2D eigenvalue weighted by atomic mass is 32.2. The molecule has 0 fully saturated rings. The first-order chi connectivity index (χ1) is 10.5. The maximum atomic E-state index is 12.8. The van der Waals surface area contributed by atoms with Crippen molar-refractivity contribution in [3.05, 3.63) is 71.8 Å². The fourth-order valence-electron chi connectivity index (χ4n) is 2.81. The van der Waals surface area contributed by atoms with Gasteiger partial charge >= 0.3 is 0 Å². The molecule has 1 atom stereocenters. The molecule has 3 rings (SSSR count). The molecule has 1 aliphatic rings. The summed E-state index contributed by atoms with van der Waals surface area (Å²) in [6.45, 7) is 4.31. The van der Waals surface area contributed by atoms with Crippen molar-refractivity contribution in [3.63, 3.8) is 0 Å². The first-order valence-corrected chi connectivity index (χ1v) is 8.78. The fourth-order valence-corrected chi connectivity index (χ4v) is 4.37. The Morgan fingerprint density at radius 3 is 2.27 bits per heavy atom. The Bertz CT molecular complexity index is 793. The average molecular weight is 313 g/mol.